The van der Waals surface area contributed by atoms with Gasteiger partial charge in [-0.1, -0.05) is 32.9 Å². The number of rotatable bonds is 4. The van der Waals surface area contributed by atoms with Crippen LogP contribution in [-0.2, 0) is 16.6 Å². The Balaban J connectivity index is 0.00000264. The van der Waals surface area contributed by atoms with Gasteiger partial charge in [-0.05, 0) is 18.8 Å². The highest BCUT2D eigenvalue weighted by Gasteiger charge is 2.29. The topological polar surface area (TPSA) is 85.2 Å². The van der Waals surface area contributed by atoms with Crippen LogP contribution < -0.4 is 5.73 Å². The molecule has 2 rings (SSSR count). The largest absolute Gasteiger partial charge is 0.339 e. The van der Waals surface area contributed by atoms with E-state index in [2.05, 4.69) is 17.1 Å². The average Bonchev–Trinajstić information content (AvgIpc) is 2.93. The quantitative estimate of drug-likeness (QED) is 0.905. The fraction of sp³-hybridized carbons (Fsp3) is 0.812. The molecule has 2 heterocycles. The van der Waals surface area contributed by atoms with Crippen LogP contribution in [-0.4, -0.2) is 40.1 Å². The maximum Gasteiger partial charge on any atom is 0.227 e. The summed E-state index contributed by atoms with van der Waals surface area (Å²) >= 11 is 0. The summed E-state index contributed by atoms with van der Waals surface area (Å²) in [6.07, 6.45) is 2.94. The lowest BCUT2D eigenvalue weighted by atomic mass is 9.92. The molecule has 0 bridgehead atoms. The van der Waals surface area contributed by atoms with Crippen molar-refractivity contribution in [1.82, 2.24) is 15.0 Å². The molecule has 2 atom stereocenters. The molecule has 1 aromatic rings. The molecule has 2 N–H and O–H groups in total. The van der Waals surface area contributed by atoms with Crippen LogP contribution in [0.4, 0.5) is 0 Å². The first kappa shape index (κ1) is 19.9. The van der Waals surface area contributed by atoms with Crippen LogP contribution in [0.1, 0.15) is 58.7 Å². The van der Waals surface area contributed by atoms with Crippen LogP contribution in [0, 0.1) is 5.92 Å². The maximum atomic E-state index is 12.4. The van der Waals surface area contributed by atoms with Crippen LogP contribution in [0.15, 0.2) is 4.52 Å². The average molecular weight is 345 g/mol. The third-order valence-corrected chi connectivity index (χ3v) is 4.26. The van der Waals surface area contributed by atoms with E-state index in [1.165, 1.54) is 0 Å². The Morgan fingerprint density at radius 1 is 1.43 bits per heavy atom. The smallest absolute Gasteiger partial charge is 0.227 e. The van der Waals surface area contributed by atoms with Crippen molar-refractivity contribution < 1.29 is 9.32 Å². The van der Waals surface area contributed by atoms with E-state index in [1.807, 2.05) is 25.7 Å². The summed E-state index contributed by atoms with van der Waals surface area (Å²) in [5, 5.41) is 3.99. The van der Waals surface area contributed by atoms with Gasteiger partial charge in [0.1, 0.15) is 0 Å². The third kappa shape index (κ3) is 5.18. The number of carbonyl (C=O) groups excluding carboxylic acids is 1. The van der Waals surface area contributed by atoms with Gasteiger partial charge in [0.25, 0.3) is 0 Å². The first-order chi connectivity index (χ1) is 10.3. The van der Waals surface area contributed by atoms with Gasteiger partial charge in [0.2, 0.25) is 11.8 Å². The fourth-order valence-electron chi connectivity index (χ4n) is 2.82. The van der Waals surface area contributed by atoms with Gasteiger partial charge in [-0.25, -0.2) is 0 Å². The monoisotopic (exact) mass is 344 g/mol. The summed E-state index contributed by atoms with van der Waals surface area (Å²) in [6.45, 7) is 9.66. The van der Waals surface area contributed by atoms with Gasteiger partial charge in [-0.2, -0.15) is 4.98 Å². The molecule has 2 unspecified atom stereocenters. The molecule has 1 aromatic heterocycles. The molecule has 23 heavy (non-hydrogen) atoms. The van der Waals surface area contributed by atoms with Crippen molar-refractivity contribution in [2.24, 2.45) is 11.7 Å². The Kier molecular flexibility index (Phi) is 7.02. The van der Waals surface area contributed by atoms with Crippen LogP contribution >= 0.6 is 12.4 Å². The van der Waals surface area contributed by atoms with Crippen molar-refractivity contribution in [1.29, 1.82) is 0 Å². The van der Waals surface area contributed by atoms with Gasteiger partial charge in [0, 0.05) is 37.4 Å². The molecule has 7 heteroatoms. The molecule has 0 aromatic carbocycles. The van der Waals surface area contributed by atoms with E-state index in [4.69, 9.17) is 10.3 Å². The zero-order valence-corrected chi connectivity index (χ0v) is 15.4. The summed E-state index contributed by atoms with van der Waals surface area (Å²) in [5.41, 5.74) is 5.68. The highest BCUT2D eigenvalue weighted by molar-refractivity contribution is 5.85. The van der Waals surface area contributed by atoms with Crippen molar-refractivity contribution in [2.75, 3.05) is 13.1 Å². The number of hydrogen-bond donors (Lipinski definition) is 1. The summed E-state index contributed by atoms with van der Waals surface area (Å²) in [5.74, 6) is 2.00. The number of carbonyl (C=O) groups is 1. The second-order valence-corrected chi connectivity index (χ2v) is 7.37. The highest BCUT2D eigenvalue weighted by Crippen LogP contribution is 2.23. The Morgan fingerprint density at radius 2 is 2.13 bits per heavy atom. The van der Waals surface area contributed by atoms with E-state index in [9.17, 15) is 4.79 Å². The number of likely N-dealkylation sites (tertiary alicyclic amines) is 1. The van der Waals surface area contributed by atoms with E-state index >= 15 is 0 Å². The number of aryl methyl sites for hydroxylation is 1. The van der Waals surface area contributed by atoms with E-state index < -0.39 is 0 Å². The summed E-state index contributed by atoms with van der Waals surface area (Å²) in [7, 11) is 0. The minimum absolute atomic E-state index is 0. The highest BCUT2D eigenvalue weighted by atomic mass is 35.5. The van der Waals surface area contributed by atoms with Crippen LogP contribution in [0.3, 0.4) is 0 Å². The van der Waals surface area contributed by atoms with Crippen molar-refractivity contribution >= 4 is 18.3 Å². The number of nitrogens with zero attached hydrogens (tertiary/aromatic N) is 3. The Labute approximate surface area is 144 Å². The number of halogens is 1. The van der Waals surface area contributed by atoms with Gasteiger partial charge in [-0.15, -0.1) is 12.4 Å². The molecular formula is C16H29ClN4O2. The van der Waals surface area contributed by atoms with E-state index in [1.54, 1.807) is 0 Å². The SMILES string of the molecule is CC1CCN(C(=O)CCc2nc(C(C)(C)C)no2)C(CN)C1.Cl. The number of nitrogens with two attached hydrogens (primary N) is 1. The van der Waals surface area contributed by atoms with Crippen LogP contribution in [0.2, 0.25) is 0 Å². The molecular weight excluding hydrogens is 316 g/mol. The third-order valence-electron chi connectivity index (χ3n) is 4.26. The first-order valence-electron chi connectivity index (χ1n) is 8.14. The Hall–Kier alpha value is -1.14. The Morgan fingerprint density at radius 3 is 2.70 bits per heavy atom. The summed E-state index contributed by atoms with van der Waals surface area (Å²) < 4.78 is 5.24. The van der Waals surface area contributed by atoms with E-state index in [0.29, 0.717) is 37.0 Å². The number of piperidine rings is 1. The first-order valence-corrected chi connectivity index (χ1v) is 8.14. The molecule has 0 aliphatic carbocycles. The van der Waals surface area contributed by atoms with E-state index in [-0.39, 0.29) is 29.8 Å². The van der Waals surface area contributed by atoms with Crippen LogP contribution in [0.5, 0.6) is 0 Å². The molecule has 1 aliphatic rings. The lowest BCUT2D eigenvalue weighted by Gasteiger charge is -2.38. The number of amides is 1. The van der Waals surface area contributed by atoms with Crippen LogP contribution in [0.25, 0.3) is 0 Å². The Bertz CT molecular complexity index is 512. The number of hydrogen-bond acceptors (Lipinski definition) is 5. The van der Waals surface area contributed by atoms with Gasteiger partial charge in [0.05, 0.1) is 0 Å². The van der Waals surface area contributed by atoms with Gasteiger partial charge in [-0.3, -0.25) is 4.79 Å². The minimum Gasteiger partial charge on any atom is -0.339 e. The minimum atomic E-state index is -0.139. The standard InChI is InChI=1S/C16H28N4O2.ClH/c1-11-7-8-20(12(9-11)10-17)14(21)6-5-13-18-15(19-22-13)16(2,3)4;/h11-12H,5-10,17H2,1-4H3;1H. The molecule has 1 fully saturated rings. The van der Waals surface area contributed by atoms with Crippen molar-refractivity contribution in [2.45, 2.75) is 64.8 Å². The molecule has 1 amide bonds. The second-order valence-electron chi connectivity index (χ2n) is 7.37. The van der Waals surface area contributed by atoms with Gasteiger partial charge < -0.3 is 15.2 Å². The van der Waals surface area contributed by atoms with Crippen molar-refractivity contribution in [3.05, 3.63) is 11.7 Å². The van der Waals surface area contributed by atoms with Gasteiger partial charge in [0.15, 0.2) is 5.82 Å². The predicted molar refractivity (Wildman–Crippen MR) is 91.5 cm³/mol. The zero-order valence-electron chi connectivity index (χ0n) is 14.5. The lowest BCUT2D eigenvalue weighted by Crippen LogP contribution is -2.49. The van der Waals surface area contributed by atoms with E-state index in [0.717, 1.165) is 19.4 Å². The molecule has 0 saturated carbocycles. The summed E-state index contributed by atoms with van der Waals surface area (Å²) in [6, 6.07) is 0.170. The molecule has 6 nitrogen and oxygen atoms in total. The van der Waals surface area contributed by atoms with Crippen molar-refractivity contribution in [3.8, 4) is 0 Å². The normalized spacial score (nSPS) is 21.9. The molecule has 132 valence electrons. The zero-order chi connectivity index (χ0) is 16.3. The number of aromatic nitrogens is 2. The molecule has 1 saturated heterocycles. The predicted octanol–water partition coefficient (Wildman–Crippen LogP) is 2.31. The maximum absolute atomic E-state index is 12.4. The summed E-state index contributed by atoms with van der Waals surface area (Å²) in [4.78, 5) is 18.7. The lowest BCUT2D eigenvalue weighted by molar-refractivity contribution is -0.135. The molecule has 0 radical (unpaired) electrons. The fourth-order valence-corrected chi connectivity index (χ4v) is 2.82. The second kappa shape index (κ2) is 8.11. The van der Waals surface area contributed by atoms with Crippen molar-refractivity contribution in [3.63, 3.8) is 0 Å². The molecule has 0 spiro atoms. The van der Waals surface area contributed by atoms with Gasteiger partial charge >= 0.3 is 0 Å². The molecule has 1 aliphatic heterocycles.